The quantitative estimate of drug-likeness (QED) is 0.547. The molecule has 5 rings (SSSR count). The molecular formula is C27H28N2O5. The van der Waals surface area contributed by atoms with Gasteiger partial charge in [0.25, 0.3) is 0 Å². The number of carboxylic acids is 1. The van der Waals surface area contributed by atoms with Gasteiger partial charge in [-0.25, -0.2) is 9.59 Å². The third-order valence-electron chi connectivity index (χ3n) is 7.50. The van der Waals surface area contributed by atoms with Crippen LogP contribution in [-0.4, -0.2) is 42.3 Å². The van der Waals surface area contributed by atoms with Crippen LogP contribution in [0.3, 0.4) is 0 Å². The van der Waals surface area contributed by atoms with Crippen molar-refractivity contribution in [2.24, 2.45) is 17.8 Å². The molecule has 0 heterocycles. The molecular weight excluding hydrogens is 432 g/mol. The summed E-state index contributed by atoms with van der Waals surface area (Å²) in [5.74, 6) is -0.431. The zero-order chi connectivity index (χ0) is 23.7. The predicted octanol–water partition coefficient (Wildman–Crippen LogP) is 3.70. The molecule has 3 aliphatic carbocycles. The Hall–Kier alpha value is -3.61. The van der Waals surface area contributed by atoms with Gasteiger partial charge in [0.15, 0.2) is 0 Å². The summed E-state index contributed by atoms with van der Waals surface area (Å²) >= 11 is 0. The summed E-state index contributed by atoms with van der Waals surface area (Å²) in [6, 6.07) is 16.5. The second-order valence-corrected chi connectivity index (χ2v) is 9.39. The van der Waals surface area contributed by atoms with Crippen LogP contribution >= 0.6 is 0 Å². The maximum atomic E-state index is 12.6. The van der Waals surface area contributed by atoms with Gasteiger partial charge in [-0.2, -0.15) is 0 Å². The first kappa shape index (κ1) is 22.2. The predicted molar refractivity (Wildman–Crippen MR) is 126 cm³/mol. The summed E-state index contributed by atoms with van der Waals surface area (Å²) in [7, 11) is 0. The van der Waals surface area contributed by atoms with Gasteiger partial charge in [-0.05, 0) is 53.4 Å². The molecule has 2 aromatic carbocycles. The number of carbonyl (C=O) groups is 3. The van der Waals surface area contributed by atoms with Crippen molar-refractivity contribution in [3.63, 3.8) is 0 Å². The number of carboxylic acid groups (broad SMARTS) is 1. The lowest BCUT2D eigenvalue weighted by molar-refractivity contribution is -0.131. The number of rotatable bonds is 7. The number of hydrogen-bond acceptors (Lipinski definition) is 4. The molecule has 0 saturated heterocycles. The number of ether oxygens (including phenoxy) is 1. The van der Waals surface area contributed by atoms with Crippen LogP contribution in [0.5, 0.6) is 0 Å². The topological polar surface area (TPSA) is 105 Å². The van der Waals surface area contributed by atoms with Gasteiger partial charge in [-0.1, -0.05) is 54.6 Å². The van der Waals surface area contributed by atoms with Crippen LogP contribution in [0.2, 0.25) is 0 Å². The lowest BCUT2D eigenvalue weighted by Crippen LogP contribution is -2.50. The molecule has 7 nitrogen and oxygen atoms in total. The minimum Gasteiger partial charge on any atom is -0.478 e. The summed E-state index contributed by atoms with van der Waals surface area (Å²) in [6.45, 7) is 0.494. The molecule has 2 fully saturated rings. The van der Waals surface area contributed by atoms with E-state index >= 15 is 0 Å². The van der Waals surface area contributed by atoms with E-state index < -0.39 is 12.1 Å². The molecule has 4 atom stereocenters. The smallest absolute Gasteiger partial charge is 0.407 e. The van der Waals surface area contributed by atoms with Gasteiger partial charge in [-0.3, -0.25) is 4.79 Å². The number of nitrogens with one attached hydrogen (secondary N) is 2. The Kier molecular flexibility index (Phi) is 6.09. The monoisotopic (exact) mass is 460 g/mol. The molecule has 3 aliphatic rings. The molecule has 7 heteroatoms. The van der Waals surface area contributed by atoms with Crippen LogP contribution in [0.15, 0.2) is 60.7 Å². The van der Waals surface area contributed by atoms with E-state index in [0.717, 1.165) is 25.3 Å². The molecule has 0 aromatic heterocycles. The highest BCUT2D eigenvalue weighted by Crippen LogP contribution is 2.50. The molecule has 34 heavy (non-hydrogen) atoms. The first-order valence-electron chi connectivity index (χ1n) is 11.8. The molecule has 0 aliphatic heterocycles. The summed E-state index contributed by atoms with van der Waals surface area (Å²) in [4.78, 5) is 35.5. The molecule has 2 aromatic rings. The van der Waals surface area contributed by atoms with Gasteiger partial charge in [-0.15, -0.1) is 0 Å². The Morgan fingerprint density at radius 3 is 2.32 bits per heavy atom. The Bertz CT molecular complexity index is 1100. The van der Waals surface area contributed by atoms with Crippen LogP contribution in [-0.2, 0) is 14.3 Å². The van der Waals surface area contributed by atoms with Crippen LogP contribution < -0.4 is 10.6 Å². The van der Waals surface area contributed by atoms with Crippen LogP contribution in [0, 0.1) is 17.8 Å². The van der Waals surface area contributed by atoms with E-state index in [1.807, 2.05) is 24.3 Å². The third-order valence-corrected chi connectivity index (χ3v) is 7.50. The van der Waals surface area contributed by atoms with Crippen LogP contribution in [0.1, 0.15) is 36.3 Å². The highest BCUT2D eigenvalue weighted by molar-refractivity contribution is 5.81. The van der Waals surface area contributed by atoms with Crippen LogP contribution in [0.25, 0.3) is 11.1 Å². The van der Waals surface area contributed by atoms with Gasteiger partial charge >= 0.3 is 12.1 Å². The first-order chi connectivity index (χ1) is 16.5. The number of aliphatic carboxylic acids is 1. The average Bonchev–Trinajstić information content (AvgIpc) is 3.34. The number of amides is 2. The first-order valence-corrected chi connectivity index (χ1v) is 11.8. The van der Waals surface area contributed by atoms with E-state index in [4.69, 9.17) is 9.84 Å². The lowest BCUT2D eigenvalue weighted by atomic mass is 9.71. The van der Waals surface area contributed by atoms with E-state index in [0.29, 0.717) is 5.92 Å². The van der Waals surface area contributed by atoms with E-state index in [2.05, 4.69) is 34.9 Å². The highest BCUT2D eigenvalue weighted by atomic mass is 16.5. The van der Waals surface area contributed by atoms with Crippen molar-refractivity contribution in [2.45, 2.75) is 31.2 Å². The van der Waals surface area contributed by atoms with E-state index in [9.17, 15) is 14.4 Å². The van der Waals surface area contributed by atoms with Crippen molar-refractivity contribution >= 4 is 18.0 Å². The fraction of sp³-hybridized carbons (Fsp3) is 0.370. The van der Waals surface area contributed by atoms with Gasteiger partial charge in [0, 0.05) is 30.5 Å². The number of benzene rings is 2. The van der Waals surface area contributed by atoms with E-state index in [1.54, 1.807) is 0 Å². The van der Waals surface area contributed by atoms with Crippen molar-refractivity contribution in [1.82, 2.24) is 10.6 Å². The molecule has 176 valence electrons. The van der Waals surface area contributed by atoms with Crippen molar-refractivity contribution in [2.75, 3.05) is 13.2 Å². The van der Waals surface area contributed by atoms with Gasteiger partial charge in [0.05, 0.1) is 0 Å². The summed E-state index contributed by atoms with van der Waals surface area (Å²) in [5, 5.41) is 14.4. The molecule has 0 spiro atoms. The number of carbonyl (C=O) groups excluding carboxylic acids is 2. The molecule has 2 saturated carbocycles. The largest absolute Gasteiger partial charge is 0.478 e. The third kappa shape index (κ3) is 4.30. The standard InChI is InChI=1S/C27H28N2O5/c30-25(31)10-5-11-28-26(32)17-12-16-14-24(22(16)13-17)29-27(33)34-15-23-20-8-3-1-6-18(20)19-7-2-4-9-21(19)23/h1-10,16-17,22-24H,11-15H2,(H,28,32)(H,29,33)(H,30,31)/b10-5+/t16-,17?,22-,24+/m0/s1. The zero-order valence-corrected chi connectivity index (χ0v) is 18.8. The Labute approximate surface area is 198 Å². The molecule has 3 N–H and O–H groups in total. The molecule has 0 bridgehead atoms. The Balaban J connectivity index is 1.11. The van der Waals surface area contributed by atoms with Crippen molar-refractivity contribution in [1.29, 1.82) is 0 Å². The minimum atomic E-state index is -1.03. The van der Waals surface area contributed by atoms with Crippen molar-refractivity contribution in [3.05, 3.63) is 71.8 Å². The second kappa shape index (κ2) is 9.33. The second-order valence-electron chi connectivity index (χ2n) is 9.39. The fourth-order valence-corrected chi connectivity index (χ4v) is 5.86. The zero-order valence-electron chi connectivity index (χ0n) is 18.8. The normalized spacial score (nSPS) is 24.6. The van der Waals surface area contributed by atoms with Crippen molar-refractivity contribution in [3.8, 4) is 11.1 Å². The summed E-state index contributed by atoms with van der Waals surface area (Å²) in [5.41, 5.74) is 4.76. The Morgan fingerprint density at radius 2 is 1.65 bits per heavy atom. The Morgan fingerprint density at radius 1 is 0.971 bits per heavy atom. The minimum absolute atomic E-state index is 0.0297. The molecule has 2 amide bonds. The SMILES string of the molecule is O=C(O)/C=C/CNC(=O)C1C[C@H]2C[C@@H](NC(=O)OCC3c4ccccc4-c4ccccc43)[C@H]2C1. The fourth-order valence-electron chi connectivity index (χ4n) is 5.86. The maximum Gasteiger partial charge on any atom is 0.407 e. The number of alkyl carbamates (subject to hydrolysis) is 1. The van der Waals surface area contributed by atoms with E-state index in [1.165, 1.54) is 28.3 Å². The lowest BCUT2D eigenvalue weighted by Gasteiger charge is -2.40. The van der Waals surface area contributed by atoms with Gasteiger partial charge < -0.3 is 20.5 Å². The summed E-state index contributed by atoms with van der Waals surface area (Å²) in [6.07, 6.45) is 4.43. The van der Waals surface area contributed by atoms with Gasteiger partial charge in [0.1, 0.15) is 6.61 Å². The molecule has 0 radical (unpaired) electrons. The van der Waals surface area contributed by atoms with Crippen LogP contribution in [0.4, 0.5) is 4.79 Å². The number of fused-ring (bicyclic) bond motifs is 4. The van der Waals surface area contributed by atoms with Crippen molar-refractivity contribution < 1.29 is 24.2 Å². The van der Waals surface area contributed by atoms with E-state index in [-0.39, 0.29) is 42.9 Å². The number of hydrogen-bond donors (Lipinski definition) is 3. The van der Waals surface area contributed by atoms with Gasteiger partial charge in [0.2, 0.25) is 5.91 Å². The summed E-state index contributed by atoms with van der Waals surface area (Å²) < 4.78 is 5.67. The molecule has 1 unspecified atom stereocenters. The maximum absolute atomic E-state index is 12.6. The average molecular weight is 461 g/mol. The highest BCUT2D eigenvalue weighted by Gasteiger charge is 2.50.